The Morgan fingerprint density at radius 2 is 1.83 bits per heavy atom. The lowest BCUT2D eigenvalue weighted by Crippen LogP contribution is -2.38. The minimum atomic E-state index is -4.33. The summed E-state index contributed by atoms with van der Waals surface area (Å²) < 4.78 is 45.7. The summed E-state index contributed by atoms with van der Waals surface area (Å²) in [5.41, 5.74) is 0.897. The fourth-order valence-electron chi connectivity index (χ4n) is 1.55. The average molecular weight is 447 g/mol. The Balaban J connectivity index is 0.00000484. The number of benzene rings is 1. The second kappa shape index (κ2) is 11.3. The Morgan fingerprint density at radius 3 is 2.35 bits per heavy atom. The molecule has 0 bridgehead atoms. The first-order chi connectivity index (χ1) is 10.4. The van der Waals surface area contributed by atoms with E-state index in [9.17, 15) is 13.2 Å². The van der Waals surface area contributed by atoms with Gasteiger partial charge >= 0.3 is 6.18 Å². The molecule has 0 radical (unpaired) electrons. The van der Waals surface area contributed by atoms with Gasteiger partial charge in [0.15, 0.2) is 12.6 Å². The van der Waals surface area contributed by atoms with Gasteiger partial charge in [-0.15, -0.1) is 24.0 Å². The Kier molecular flexibility index (Phi) is 10.7. The van der Waals surface area contributed by atoms with Crippen molar-refractivity contribution in [3.8, 4) is 5.75 Å². The van der Waals surface area contributed by atoms with Crippen LogP contribution < -0.4 is 15.4 Å². The molecular weight excluding hydrogens is 426 g/mol. The van der Waals surface area contributed by atoms with Gasteiger partial charge in [0.2, 0.25) is 0 Å². The molecule has 0 saturated carbocycles. The van der Waals surface area contributed by atoms with Crippen LogP contribution in [0, 0.1) is 0 Å². The zero-order valence-electron chi connectivity index (χ0n) is 12.9. The van der Waals surface area contributed by atoms with Gasteiger partial charge in [-0.25, -0.2) is 0 Å². The molecule has 1 rings (SSSR count). The first kappa shape index (κ1) is 21.8. The number of rotatable bonds is 7. The topological polar surface area (TPSA) is 54.9 Å². The number of nitrogens with zero attached hydrogens (tertiary/aromatic N) is 1. The normalized spacial score (nSPS) is 11.6. The van der Waals surface area contributed by atoms with E-state index >= 15 is 0 Å². The van der Waals surface area contributed by atoms with Crippen LogP contribution in [0.25, 0.3) is 0 Å². The predicted molar refractivity (Wildman–Crippen MR) is 93.5 cm³/mol. The summed E-state index contributed by atoms with van der Waals surface area (Å²) in [6.45, 7) is 0.388. The molecule has 0 unspecified atom stereocenters. The van der Waals surface area contributed by atoms with Crippen LogP contribution in [0.2, 0.25) is 0 Å². The number of methoxy groups -OCH3 is 1. The van der Waals surface area contributed by atoms with Crippen LogP contribution in [0.5, 0.6) is 5.75 Å². The number of hydrogen-bond donors (Lipinski definition) is 2. The molecule has 0 aliphatic carbocycles. The average Bonchev–Trinajstić information content (AvgIpc) is 2.49. The van der Waals surface area contributed by atoms with E-state index in [1.165, 1.54) is 12.1 Å². The summed E-state index contributed by atoms with van der Waals surface area (Å²) in [6, 6.07) is 6.40. The SMILES string of the molecule is CN=C(NCCOC)NCc1ccc(OCC(F)(F)F)cc1.I. The van der Waals surface area contributed by atoms with Gasteiger partial charge in [0.05, 0.1) is 6.61 Å². The maximum Gasteiger partial charge on any atom is 0.422 e. The third-order valence-electron chi connectivity index (χ3n) is 2.61. The van der Waals surface area contributed by atoms with Crippen molar-refractivity contribution in [2.24, 2.45) is 4.99 Å². The van der Waals surface area contributed by atoms with Gasteiger partial charge in [0, 0.05) is 27.2 Å². The lowest BCUT2D eigenvalue weighted by Gasteiger charge is -2.12. The molecule has 0 heterocycles. The Bertz CT molecular complexity index is 467. The maximum atomic E-state index is 12.0. The number of halogens is 4. The molecule has 0 fully saturated rings. The van der Waals surface area contributed by atoms with Crippen molar-refractivity contribution in [2.75, 3.05) is 33.9 Å². The number of ether oxygens (including phenoxy) is 2. The van der Waals surface area contributed by atoms with E-state index in [2.05, 4.69) is 20.4 Å². The van der Waals surface area contributed by atoms with Gasteiger partial charge in [-0.3, -0.25) is 4.99 Å². The fourth-order valence-corrected chi connectivity index (χ4v) is 1.55. The quantitative estimate of drug-likeness (QED) is 0.292. The number of alkyl halides is 3. The number of nitrogens with one attached hydrogen (secondary N) is 2. The zero-order chi connectivity index (χ0) is 16.4. The van der Waals surface area contributed by atoms with Crippen LogP contribution in [0.3, 0.4) is 0 Å². The van der Waals surface area contributed by atoms with Gasteiger partial charge in [0.1, 0.15) is 5.75 Å². The summed E-state index contributed by atoms with van der Waals surface area (Å²) in [5, 5.41) is 6.14. The van der Waals surface area contributed by atoms with Gasteiger partial charge in [-0.1, -0.05) is 12.1 Å². The highest BCUT2D eigenvalue weighted by Crippen LogP contribution is 2.18. The number of aliphatic imine (C=N–C) groups is 1. The van der Waals surface area contributed by atoms with E-state index in [0.29, 0.717) is 25.7 Å². The molecule has 1 aromatic carbocycles. The summed E-state index contributed by atoms with van der Waals surface area (Å²) in [7, 11) is 3.26. The molecule has 0 amide bonds. The molecule has 1 aromatic rings. The molecule has 5 nitrogen and oxygen atoms in total. The van der Waals surface area contributed by atoms with E-state index in [0.717, 1.165) is 5.56 Å². The molecule has 0 aliphatic heterocycles. The second-order valence-electron chi connectivity index (χ2n) is 4.39. The molecule has 132 valence electrons. The Labute approximate surface area is 150 Å². The van der Waals surface area contributed by atoms with Gasteiger partial charge in [0.25, 0.3) is 0 Å². The zero-order valence-corrected chi connectivity index (χ0v) is 15.3. The van der Waals surface area contributed by atoms with Crippen molar-refractivity contribution < 1.29 is 22.6 Å². The van der Waals surface area contributed by atoms with Crippen LogP contribution >= 0.6 is 24.0 Å². The number of guanidine groups is 1. The van der Waals surface area contributed by atoms with Crippen LogP contribution in [-0.4, -0.2) is 46.1 Å². The Morgan fingerprint density at radius 1 is 1.17 bits per heavy atom. The van der Waals surface area contributed by atoms with Crippen molar-refractivity contribution >= 4 is 29.9 Å². The Hall–Kier alpha value is -1.23. The molecule has 23 heavy (non-hydrogen) atoms. The second-order valence-corrected chi connectivity index (χ2v) is 4.39. The van der Waals surface area contributed by atoms with Crippen LogP contribution in [0.4, 0.5) is 13.2 Å². The smallest absolute Gasteiger partial charge is 0.422 e. The van der Waals surface area contributed by atoms with Crippen molar-refractivity contribution in [3.05, 3.63) is 29.8 Å². The van der Waals surface area contributed by atoms with E-state index in [1.807, 2.05) is 0 Å². The predicted octanol–water partition coefficient (Wildman–Crippen LogP) is 2.56. The highest BCUT2D eigenvalue weighted by molar-refractivity contribution is 14.0. The van der Waals surface area contributed by atoms with Crippen molar-refractivity contribution in [2.45, 2.75) is 12.7 Å². The highest BCUT2D eigenvalue weighted by Gasteiger charge is 2.28. The van der Waals surface area contributed by atoms with E-state index < -0.39 is 12.8 Å². The first-order valence-corrected chi connectivity index (χ1v) is 6.66. The molecule has 0 aliphatic rings. The molecule has 0 spiro atoms. The van der Waals surface area contributed by atoms with Gasteiger partial charge in [-0.2, -0.15) is 13.2 Å². The summed E-state index contributed by atoms with van der Waals surface area (Å²) in [6.07, 6.45) is -4.33. The van der Waals surface area contributed by atoms with Gasteiger partial charge in [-0.05, 0) is 17.7 Å². The van der Waals surface area contributed by atoms with Crippen molar-refractivity contribution in [3.63, 3.8) is 0 Å². The summed E-state index contributed by atoms with van der Waals surface area (Å²) in [4.78, 5) is 4.04. The largest absolute Gasteiger partial charge is 0.484 e. The monoisotopic (exact) mass is 447 g/mol. The van der Waals surface area contributed by atoms with E-state index in [4.69, 9.17) is 4.74 Å². The third kappa shape index (κ3) is 10.2. The molecule has 0 atom stereocenters. The molecular formula is C14H21F3IN3O2. The minimum Gasteiger partial charge on any atom is -0.484 e. The van der Waals surface area contributed by atoms with Crippen LogP contribution in [0.1, 0.15) is 5.56 Å². The molecule has 0 saturated heterocycles. The lowest BCUT2D eigenvalue weighted by atomic mass is 10.2. The van der Waals surface area contributed by atoms with Crippen molar-refractivity contribution in [1.82, 2.24) is 10.6 Å². The maximum absolute atomic E-state index is 12.0. The molecule has 0 aromatic heterocycles. The molecule has 9 heteroatoms. The summed E-state index contributed by atoms with van der Waals surface area (Å²) >= 11 is 0. The minimum absolute atomic E-state index is 0. The van der Waals surface area contributed by atoms with Crippen LogP contribution in [-0.2, 0) is 11.3 Å². The lowest BCUT2D eigenvalue weighted by molar-refractivity contribution is -0.153. The van der Waals surface area contributed by atoms with E-state index in [1.54, 1.807) is 26.3 Å². The van der Waals surface area contributed by atoms with Gasteiger partial charge < -0.3 is 20.1 Å². The van der Waals surface area contributed by atoms with E-state index in [-0.39, 0.29) is 29.7 Å². The van der Waals surface area contributed by atoms with Crippen LogP contribution in [0.15, 0.2) is 29.3 Å². The highest BCUT2D eigenvalue weighted by atomic mass is 127. The number of hydrogen-bond acceptors (Lipinski definition) is 3. The third-order valence-corrected chi connectivity index (χ3v) is 2.61. The summed E-state index contributed by atoms with van der Waals surface area (Å²) in [5.74, 6) is 0.804. The standard InChI is InChI=1S/C14H20F3N3O2.HI/c1-18-13(19-7-8-21-2)20-9-11-3-5-12(6-4-11)22-10-14(15,16)17;/h3-6H,7-10H2,1-2H3,(H2,18,19,20);1H. The van der Waals surface area contributed by atoms with Crippen molar-refractivity contribution in [1.29, 1.82) is 0 Å². The molecule has 2 N–H and O–H groups in total. The first-order valence-electron chi connectivity index (χ1n) is 6.66. The fraction of sp³-hybridized carbons (Fsp3) is 0.500.